The Morgan fingerprint density at radius 2 is 2.10 bits per heavy atom. The fraction of sp³-hybridized carbons (Fsp3) is 0.733. The summed E-state index contributed by atoms with van der Waals surface area (Å²) in [6.07, 6.45) is 2.35. The molecule has 118 valence electrons. The molecule has 1 aliphatic heterocycles. The predicted molar refractivity (Wildman–Crippen MR) is 84.5 cm³/mol. The second-order valence-electron chi connectivity index (χ2n) is 6.21. The van der Waals surface area contributed by atoms with E-state index in [0.29, 0.717) is 23.2 Å². The third kappa shape index (κ3) is 3.37. The van der Waals surface area contributed by atoms with Crippen LogP contribution in [0, 0.1) is 12.8 Å². The van der Waals surface area contributed by atoms with Crippen molar-refractivity contribution >= 4 is 11.7 Å². The maximum Gasteiger partial charge on any atom is 0.254 e. The molecule has 0 bridgehead atoms. The molecule has 0 aromatic carbocycles. The van der Waals surface area contributed by atoms with Crippen LogP contribution in [0.1, 0.15) is 42.7 Å². The van der Waals surface area contributed by atoms with Crippen LogP contribution in [0.5, 0.6) is 0 Å². The summed E-state index contributed by atoms with van der Waals surface area (Å²) in [5.74, 6) is 1.10. The molecule has 6 heteroatoms. The highest BCUT2D eigenvalue weighted by Crippen LogP contribution is 2.27. The molecular weight excluding hydrogens is 266 g/mol. The van der Waals surface area contributed by atoms with Gasteiger partial charge in [0.25, 0.3) is 5.91 Å². The van der Waals surface area contributed by atoms with Crippen molar-refractivity contribution < 1.29 is 4.79 Å². The summed E-state index contributed by atoms with van der Waals surface area (Å²) in [6.45, 7) is 9.22. The monoisotopic (exact) mass is 293 g/mol. The number of aryl methyl sites for hydroxylation is 2. The molecule has 0 saturated carbocycles. The number of hydrogen-bond acceptors (Lipinski definition) is 4. The van der Waals surface area contributed by atoms with Crippen molar-refractivity contribution in [3.63, 3.8) is 0 Å². The summed E-state index contributed by atoms with van der Waals surface area (Å²) in [6, 6.07) is 0.299. The second kappa shape index (κ2) is 6.47. The number of anilines is 1. The molecule has 3 N–H and O–H groups in total. The molecule has 2 rings (SSSR count). The molecular formula is C15H27N5O. The molecule has 6 nitrogen and oxygen atoms in total. The Morgan fingerprint density at radius 3 is 2.62 bits per heavy atom. The average Bonchev–Trinajstić information content (AvgIpc) is 2.71. The molecule has 1 aromatic rings. The molecule has 1 fully saturated rings. The highest BCUT2D eigenvalue weighted by Gasteiger charge is 2.27. The van der Waals surface area contributed by atoms with Crippen LogP contribution >= 0.6 is 0 Å². The Hall–Kier alpha value is -1.56. The number of nitrogens with one attached hydrogen (secondary N) is 1. The summed E-state index contributed by atoms with van der Waals surface area (Å²) in [5.41, 5.74) is 6.83. The number of carbonyl (C=O) groups is 1. The average molecular weight is 293 g/mol. The van der Waals surface area contributed by atoms with Gasteiger partial charge in [0.15, 0.2) is 0 Å². The van der Waals surface area contributed by atoms with Crippen molar-refractivity contribution in [1.82, 2.24) is 15.1 Å². The van der Waals surface area contributed by atoms with Crippen molar-refractivity contribution in [3.8, 4) is 0 Å². The molecule has 0 aliphatic carbocycles. The minimum Gasteiger partial charge on any atom is -0.365 e. The molecule has 1 aliphatic rings. The van der Waals surface area contributed by atoms with E-state index in [9.17, 15) is 4.79 Å². The lowest BCUT2D eigenvalue weighted by Gasteiger charge is -2.34. The normalized spacial score (nSPS) is 16.4. The molecule has 1 amide bonds. The van der Waals surface area contributed by atoms with Gasteiger partial charge in [-0.2, -0.15) is 5.10 Å². The Bertz CT molecular complexity index is 502. The number of aromatic nitrogens is 2. The van der Waals surface area contributed by atoms with E-state index < -0.39 is 5.91 Å². The fourth-order valence-corrected chi connectivity index (χ4v) is 3.15. The van der Waals surface area contributed by atoms with Gasteiger partial charge in [0.1, 0.15) is 11.4 Å². The first-order valence-corrected chi connectivity index (χ1v) is 7.72. The zero-order valence-electron chi connectivity index (χ0n) is 13.5. The smallest absolute Gasteiger partial charge is 0.254 e. The molecule has 0 unspecified atom stereocenters. The van der Waals surface area contributed by atoms with Gasteiger partial charge in [-0.15, -0.1) is 0 Å². The molecule has 1 aromatic heterocycles. The number of carbonyl (C=O) groups excluding carboxylic acids is 1. The van der Waals surface area contributed by atoms with E-state index in [1.165, 1.54) is 12.8 Å². The molecule has 0 atom stereocenters. The molecule has 0 radical (unpaired) electrons. The van der Waals surface area contributed by atoms with Gasteiger partial charge in [0.2, 0.25) is 0 Å². The predicted octanol–water partition coefficient (Wildman–Crippen LogP) is 1.04. The topological polar surface area (TPSA) is 76.2 Å². The van der Waals surface area contributed by atoms with Crippen LogP contribution in [0.4, 0.5) is 5.82 Å². The van der Waals surface area contributed by atoms with Gasteiger partial charge in [-0.3, -0.25) is 9.48 Å². The third-order valence-corrected chi connectivity index (χ3v) is 4.25. The van der Waals surface area contributed by atoms with E-state index in [1.807, 2.05) is 14.0 Å². The van der Waals surface area contributed by atoms with Crippen LogP contribution in [0.25, 0.3) is 0 Å². The van der Waals surface area contributed by atoms with Gasteiger partial charge in [-0.05, 0) is 52.6 Å². The number of primary amides is 1. The van der Waals surface area contributed by atoms with Gasteiger partial charge in [0, 0.05) is 19.6 Å². The largest absolute Gasteiger partial charge is 0.365 e. The number of piperidine rings is 1. The molecule has 2 heterocycles. The van der Waals surface area contributed by atoms with Crippen molar-refractivity contribution in [1.29, 1.82) is 0 Å². The second-order valence-corrected chi connectivity index (χ2v) is 6.21. The van der Waals surface area contributed by atoms with E-state index in [-0.39, 0.29) is 0 Å². The Labute approximate surface area is 126 Å². The maximum absolute atomic E-state index is 11.8. The standard InChI is InChI=1S/C15H27N5O/c1-10(2)20(9-12-5-7-17-8-6-12)15-13(14(16)21)11(3)18-19(15)4/h10,12,17H,5-9H2,1-4H3,(H2,16,21). The first kappa shape index (κ1) is 15.8. The Balaban J connectivity index is 2.31. The van der Waals surface area contributed by atoms with Crippen molar-refractivity contribution in [2.24, 2.45) is 18.7 Å². The number of amides is 1. The van der Waals surface area contributed by atoms with Gasteiger partial charge in [-0.1, -0.05) is 0 Å². The van der Waals surface area contributed by atoms with Crippen LogP contribution in [-0.2, 0) is 7.05 Å². The summed E-state index contributed by atoms with van der Waals surface area (Å²) in [7, 11) is 1.88. The van der Waals surface area contributed by atoms with E-state index in [2.05, 4.69) is 29.2 Å². The lowest BCUT2D eigenvalue weighted by atomic mass is 9.97. The highest BCUT2D eigenvalue weighted by atomic mass is 16.1. The number of nitrogens with two attached hydrogens (primary N) is 1. The Morgan fingerprint density at radius 1 is 1.48 bits per heavy atom. The van der Waals surface area contributed by atoms with Crippen molar-refractivity contribution in [3.05, 3.63) is 11.3 Å². The van der Waals surface area contributed by atoms with Crippen LogP contribution in [0.15, 0.2) is 0 Å². The van der Waals surface area contributed by atoms with Gasteiger partial charge in [-0.25, -0.2) is 0 Å². The van der Waals surface area contributed by atoms with Gasteiger partial charge < -0.3 is 16.0 Å². The maximum atomic E-state index is 11.8. The zero-order chi connectivity index (χ0) is 15.6. The van der Waals surface area contributed by atoms with Crippen LogP contribution in [0.3, 0.4) is 0 Å². The highest BCUT2D eigenvalue weighted by molar-refractivity contribution is 5.99. The summed E-state index contributed by atoms with van der Waals surface area (Å²) >= 11 is 0. The number of hydrogen-bond donors (Lipinski definition) is 2. The van der Waals surface area contributed by atoms with Gasteiger partial charge >= 0.3 is 0 Å². The quantitative estimate of drug-likeness (QED) is 0.850. The number of nitrogens with zero attached hydrogens (tertiary/aromatic N) is 3. The first-order chi connectivity index (χ1) is 9.91. The van der Waals surface area contributed by atoms with Crippen LogP contribution < -0.4 is 16.0 Å². The Kier molecular flexibility index (Phi) is 4.88. The summed E-state index contributed by atoms with van der Waals surface area (Å²) in [5, 5.41) is 7.78. The van der Waals surface area contributed by atoms with E-state index in [4.69, 9.17) is 5.73 Å². The minimum absolute atomic E-state index is 0.299. The van der Waals surface area contributed by atoms with E-state index >= 15 is 0 Å². The van der Waals surface area contributed by atoms with Gasteiger partial charge in [0.05, 0.1) is 5.69 Å². The minimum atomic E-state index is -0.397. The fourth-order valence-electron chi connectivity index (χ4n) is 3.15. The van der Waals surface area contributed by atoms with Crippen LogP contribution in [-0.4, -0.2) is 41.4 Å². The zero-order valence-corrected chi connectivity index (χ0v) is 13.5. The molecule has 0 spiro atoms. The van der Waals surface area contributed by atoms with E-state index in [0.717, 1.165) is 25.5 Å². The van der Waals surface area contributed by atoms with Crippen LogP contribution in [0.2, 0.25) is 0 Å². The first-order valence-electron chi connectivity index (χ1n) is 7.72. The third-order valence-electron chi connectivity index (χ3n) is 4.25. The molecule has 21 heavy (non-hydrogen) atoms. The molecule has 1 saturated heterocycles. The summed E-state index contributed by atoms with van der Waals surface area (Å²) in [4.78, 5) is 14.1. The van der Waals surface area contributed by atoms with E-state index in [1.54, 1.807) is 4.68 Å². The number of rotatable bonds is 5. The van der Waals surface area contributed by atoms with Crippen molar-refractivity contribution in [2.75, 3.05) is 24.5 Å². The van der Waals surface area contributed by atoms with Crippen molar-refractivity contribution in [2.45, 2.75) is 39.7 Å². The summed E-state index contributed by atoms with van der Waals surface area (Å²) < 4.78 is 1.79. The lowest BCUT2D eigenvalue weighted by molar-refractivity contribution is 0.1000. The lowest BCUT2D eigenvalue weighted by Crippen LogP contribution is -2.41. The SMILES string of the molecule is Cc1nn(C)c(N(CC2CCNCC2)C(C)C)c1C(N)=O.